The first-order valence-corrected chi connectivity index (χ1v) is 8.70. The van der Waals surface area contributed by atoms with Crippen molar-refractivity contribution in [2.75, 3.05) is 0 Å². The molecule has 0 aromatic carbocycles. The molecule has 0 bridgehead atoms. The number of ketones is 1. The molecule has 1 heterocycles. The highest BCUT2D eigenvalue weighted by Crippen LogP contribution is 2.23. The van der Waals surface area contributed by atoms with Crippen molar-refractivity contribution in [1.29, 1.82) is 0 Å². The highest BCUT2D eigenvalue weighted by atomic mass is 16.7. The second-order valence-electron chi connectivity index (χ2n) is 6.59. The standard InChI is InChI=1S/C17H30O7/c1-11(23-17-15(20)10-14(19)12(2)24-17)7-5-3-4-6-8-13(18)9-16(21)22/h11-12,14-15,17,19-20H,3-10H2,1-2H3,(H,21,22)/t11-,12+,14-,15-,17-/m1/s1. The van der Waals surface area contributed by atoms with Crippen LogP contribution < -0.4 is 0 Å². The molecule has 0 unspecified atom stereocenters. The number of carbonyl (C=O) groups is 2. The number of carboxylic acids is 1. The van der Waals surface area contributed by atoms with Gasteiger partial charge in [0.15, 0.2) is 6.29 Å². The van der Waals surface area contributed by atoms with Crippen molar-refractivity contribution in [3.63, 3.8) is 0 Å². The summed E-state index contributed by atoms with van der Waals surface area (Å²) in [6, 6.07) is 0. The molecule has 1 aliphatic rings. The molecule has 5 atom stereocenters. The maximum Gasteiger partial charge on any atom is 0.310 e. The van der Waals surface area contributed by atoms with Crippen molar-refractivity contribution >= 4 is 11.8 Å². The number of ether oxygens (including phenoxy) is 2. The Labute approximate surface area is 143 Å². The Balaban J connectivity index is 2.08. The Morgan fingerprint density at radius 1 is 1.17 bits per heavy atom. The Morgan fingerprint density at radius 3 is 2.50 bits per heavy atom. The number of carbonyl (C=O) groups excluding carboxylic acids is 1. The average molecular weight is 346 g/mol. The van der Waals surface area contributed by atoms with Crippen LogP contribution in [0, 0.1) is 0 Å². The second-order valence-corrected chi connectivity index (χ2v) is 6.59. The molecule has 0 amide bonds. The van der Waals surface area contributed by atoms with Gasteiger partial charge in [0.25, 0.3) is 0 Å². The average Bonchev–Trinajstić information content (AvgIpc) is 2.47. The van der Waals surface area contributed by atoms with Crippen molar-refractivity contribution in [3.8, 4) is 0 Å². The molecular formula is C17H30O7. The minimum absolute atomic E-state index is 0.0688. The minimum Gasteiger partial charge on any atom is -0.481 e. The van der Waals surface area contributed by atoms with E-state index in [1.807, 2.05) is 6.92 Å². The van der Waals surface area contributed by atoms with Crippen LogP contribution in [0.25, 0.3) is 0 Å². The van der Waals surface area contributed by atoms with Gasteiger partial charge in [0.1, 0.15) is 18.3 Å². The predicted molar refractivity (Wildman–Crippen MR) is 86.5 cm³/mol. The summed E-state index contributed by atoms with van der Waals surface area (Å²) in [5, 5.41) is 28.0. The van der Waals surface area contributed by atoms with Crippen LogP contribution >= 0.6 is 0 Å². The van der Waals surface area contributed by atoms with Gasteiger partial charge in [-0.2, -0.15) is 0 Å². The lowest BCUT2D eigenvalue weighted by Crippen LogP contribution is -2.48. The van der Waals surface area contributed by atoms with Crippen molar-refractivity contribution in [1.82, 2.24) is 0 Å². The summed E-state index contributed by atoms with van der Waals surface area (Å²) >= 11 is 0. The number of hydrogen-bond acceptors (Lipinski definition) is 6. The molecule has 24 heavy (non-hydrogen) atoms. The van der Waals surface area contributed by atoms with Crippen LogP contribution in [-0.4, -0.2) is 57.8 Å². The van der Waals surface area contributed by atoms with Crippen molar-refractivity contribution in [2.45, 2.75) is 95.9 Å². The van der Waals surface area contributed by atoms with E-state index in [-0.39, 0.29) is 30.8 Å². The molecule has 140 valence electrons. The third kappa shape index (κ3) is 8.19. The van der Waals surface area contributed by atoms with Crippen LogP contribution in [-0.2, 0) is 19.1 Å². The van der Waals surface area contributed by atoms with Gasteiger partial charge in [-0.15, -0.1) is 0 Å². The molecule has 0 aliphatic carbocycles. The maximum atomic E-state index is 11.2. The highest BCUT2D eigenvalue weighted by Gasteiger charge is 2.35. The van der Waals surface area contributed by atoms with Gasteiger partial charge >= 0.3 is 5.97 Å². The number of rotatable bonds is 11. The summed E-state index contributed by atoms with van der Waals surface area (Å²) in [6.45, 7) is 3.67. The normalized spacial score (nSPS) is 28.5. The summed E-state index contributed by atoms with van der Waals surface area (Å²) in [7, 11) is 0. The van der Waals surface area contributed by atoms with Gasteiger partial charge in [-0.3, -0.25) is 9.59 Å². The van der Waals surface area contributed by atoms with Crippen LogP contribution in [0.5, 0.6) is 0 Å². The van der Waals surface area contributed by atoms with E-state index in [4.69, 9.17) is 14.6 Å². The molecule has 1 fully saturated rings. The zero-order valence-corrected chi connectivity index (χ0v) is 14.5. The molecule has 1 aliphatic heterocycles. The van der Waals surface area contributed by atoms with Gasteiger partial charge in [-0.05, 0) is 26.7 Å². The third-order valence-corrected chi connectivity index (χ3v) is 4.22. The molecular weight excluding hydrogens is 316 g/mol. The van der Waals surface area contributed by atoms with E-state index in [0.717, 1.165) is 25.7 Å². The molecule has 7 heteroatoms. The quantitative estimate of drug-likeness (QED) is 0.385. The Morgan fingerprint density at radius 2 is 1.83 bits per heavy atom. The summed E-state index contributed by atoms with van der Waals surface area (Å²) in [6.07, 6.45) is 1.84. The topological polar surface area (TPSA) is 113 Å². The number of Topliss-reactive ketones (excluding diaryl/α,β-unsaturated/α-hetero) is 1. The van der Waals surface area contributed by atoms with Gasteiger partial charge in [-0.25, -0.2) is 0 Å². The van der Waals surface area contributed by atoms with Crippen LogP contribution in [0.2, 0.25) is 0 Å². The van der Waals surface area contributed by atoms with Crippen LogP contribution in [0.15, 0.2) is 0 Å². The fourth-order valence-electron chi connectivity index (χ4n) is 2.73. The number of aliphatic carboxylic acids is 1. The zero-order valence-electron chi connectivity index (χ0n) is 14.5. The van der Waals surface area contributed by atoms with E-state index in [2.05, 4.69) is 0 Å². The van der Waals surface area contributed by atoms with Crippen LogP contribution in [0.1, 0.15) is 65.2 Å². The van der Waals surface area contributed by atoms with Gasteiger partial charge < -0.3 is 24.8 Å². The summed E-state index contributed by atoms with van der Waals surface area (Å²) in [5.41, 5.74) is 0. The number of aliphatic hydroxyl groups is 2. The smallest absolute Gasteiger partial charge is 0.310 e. The van der Waals surface area contributed by atoms with Gasteiger partial charge in [0.2, 0.25) is 0 Å². The van der Waals surface area contributed by atoms with E-state index in [1.54, 1.807) is 6.92 Å². The van der Waals surface area contributed by atoms with E-state index in [9.17, 15) is 19.8 Å². The van der Waals surface area contributed by atoms with E-state index in [1.165, 1.54) is 0 Å². The molecule has 0 radical (unpaired) electrons. The molecule has 1 rings (SSSR count). The maximum absolute atomic E-state index is 11.2. The zero-order chi connectivity index (χ0) is 18.1. The van der Waals surface area contributed by atoms with E-state index in [0.29, 0.717) is 12.8 Å². The molecule has 1 saturated heterocycles. The Hall–Kier alpha value is -1.02. The fourth-order valence-corrected chi connectivity index (χ4v) is 2.73. The molecule has 7 nitrogen and oxygen atoms in total. The van der Waals surface area contributed by atoms with Gasteiger partial charge in [0.05, 0.1) is 18.3 Å². The first-order chi connectivity index (χ1) is 11.3. The lowest BCUT2D eigenvalue weighted by molar-refractivity contribution is -0.273. The monoisotopic (exact) mass is 346 g/mol. The van der Waals surface area contributed by atoms with Gasteiger partial charge in [0, 0.05) is 12.8 Å². The number of carboxylic acid groups (broad SMARTS) is 1. The second kappa shape index (κ2) is 10.8. The lowest BCUT2D eigenvalue weighted by atomic mass is 10.0. The molecule has 0 spiro atoms. The number of aliphatic hydroxyl groups excluding tert-OH is 2. The summed E-state index contributed by atoms with van der Waals surface area (Å²) < 4.78 is 11.2. The van der Waals surface area contributed by atoms with Crippen LogP contribution in [0.4, 0.5) is 0 Å². The lowest BCUT2D eigenvalue weighted by Gasteiger charge is -2.36. The van der Waals surface area contributed by atoms with E-state index >= 15 is 0 Å². The largest absolute Gasteiger partial charge is 0.481 e. The van der Waals surface area contributed by atoms with Crippen molar-refractivity contribution in [3.05, 3.63) is 0 Å². The SMILES string of the molecule is C[C@H](CCCCCCC(=O)CC(=O)O)O[C@@H]1O[C@@H](C)[C@H](O)C[C@H]1O. The first-order valence-electron chi connectivity index (χ1n) is 8.70. The third-order valence-electron chi connectivity index (χ3n) is 4.22. The van der Waals surface area contributed by atoms with Crippen molar-refractivity contribution in [2.24, 2.45) is 0 Å². The summed E-state index contributed by atoms with van der Waals surface area (Å²) in [4.78, 5) is 21.6. The molecule has 0 aromatic rings. The highest BCUT2D eigenvalue weighted by molar-refractivity contribution is 5.94. The fraction of sp³-hybridized carbons (Fsp3) is 0.882. The van der Waals surface area contributed by atoms with Crippen LogP contribution in [0.3, 0.4) is 0 Å². The van der Waals surface area contributed by atoms with Crippen molar-refractivity contribution < 1.29 is 34.4 Å². The molecule has 0 aromatic heterocycles. The summed E-state index contributed by atoms with van der Waals surface area (Å²) in [5.74, 6) is -1.29. The Bertz CT molecular complexity index is 398. The minimum atomic E-state index is -1.07. The number of hydrogen-bond donors (Lipinski definition) is 3. The first kappa shape index (κ1) is 21.0. The van der Waals surface area contributed by atoms with E-state index < -0.39 is 24.5 Å². The Kier molecular flexibility index (Phi) is 9.43. The number of unbranched alkanes of at least 4 members (excludes halogenated alkanes) is 3. The molecule has 3 N–H and O–H groups in total. The molecule has 0 saturated carbocycles. The van der Waals surface area contributed by atoms with Gasteiger partial charge in [-0.1, -0.05) is 19.3 Å². The predicted octanol–water partition coefficient (Wildman–Crippen LogP) is 1.63.